The number of carbonyl (C=O) groups excluding carboxylic acids is 2. The highest BCUT2D eigenvalue weighted by molar-refractivity contribution is 6.05. The van der Waals surface area contributed by atoms with Crippen molar-refractivity contribution >= 4 is 23.2 Å². The molecule has 178 valence electrons. The average Bonchev–Trinajstić information content (AvgIpc) is 3.38. The monoisotopic (exact) mass is 481 g/mol. The highest BCUT2D eigenvalue weighted by atomic mass is 19.4. The molecule has 0 saturated heterocycles. The summed E-state index contributed by atoms with van der Waals surface area (Å²) in [4.78, 5) is 24.7. The van der Waals surface area contributed by atoms with Crippen LogP contribution in [0.4, 0.5) is 24.5 Å². The van der Waals surface area contributed by atoms with Crippen LogP contribution in [0.3, 0.4) is 0 Å². The summed E-state index contributed by atoms with van der Waals surface area (Å²) in [7, 11) is 0. The third kappa shape index (κ3) is 6.02. The van der Waals surface area contributed by atoms with Crippen molar-refractivity contribution in [2.75, 3.05) is 17.2 Å². The van der Waals surface area contributed by atoms with Crippen molar-refractivity contribution in [2.24, 2.45) is 0 Å². The number of carbonyl (C=O) groups is 2. The van der Waals surface area contributed by atoms with E-state index in [2.05, 4.69) is 20.9 Å². The van der Waals surface area contributed by atoms with E-state index in [0.717, 1.165) is 12.1 Å². The van der Waals surface area contributed by atoms with Gasteiger partial charge >= 0.3 is 6.18 Å². The Labute approximate surface area is 197 Å². The first kappa shape index (κ1) is 23.5. The number of alkyl halides is 3. The standard InChI is InChI=1S/C24H18F3N5O3/c25-24(26,27)17-4-3-5-18(14-17)29-22(33)15-35-19-10-8-16(9-11-19)23(34)30-20-6-1-2-7-21(20)32-13-12-28-31-32/h1-14H,15H2,(H,29,33)(H,30,34). The first-order chi connectivity index (χ1) is 16.8. The van der Waals surface area contributed by atoms with Gasteiger partial charge in [-0.05, 0) is 54.6 Å². The summed E-state index contributed by atoms with van der Waals surface area (Å²) in [5.41, 5.74) is 0.666. The van der Waals surface area contributed by atoms with E-state index in [9.17, 15) is 22.8 Å². The van der Waals surface area contributed by atoms with Crippen LogP contribution in [0.2, 0.25) is 0 Å². The quantitative estimate of drug-likeness (QED) is 0.404. The molecular formula is C24H18F3N5O3. The van der Waals surface area contributed by atoms with Gasteiger partial charge < -0.3 is 15.4 Å². The predicted molar refractivity (Wildman–Crippen MR) is 121 cm³/mol. The Morgan fingerprint density at radius 1 is 0.943 bits per heavy atom. The van der Waals surface area contributed by atoms with Gasteiger partial charge in [-0.3, -0.25) is 9.59 Å². The molecule has 3 aromatic carbocycles. The average molecular weight is 481 g/mol. The van der Waals surface area contributed by atoms with Gasteiger partial charge in [-0.1, -0.05) is 23.4 Å². The number of halogens is 3. The van der Waals surface area contributed by atoms with Crippen LogP contribution < -0.4 is 15.4 Å². The van der Waals surface area contributed by atoms with Crippen molar-refractivity contribution < 1.29 is 27.5 Å². The van der Waals surface area contributed by atoms with Crippen molar-refractivity contribution in [3.63, 3.8) is 0 Å². The van der Waals surface area contributed by atoms with E-state index in [4.69, 9.17) is 4.74 Å². The SMILES string of the molecule is O=C(COc1ccc(C(=O)Nc2ccccc2-n2ccnn2)cc1)Nc1cccc(C(F)(F)F)c1. The zero-order valence-corrected chi connectivity index (χ0v) is 18.0. The molecule has 35 heavy (non-hydrogen) atoms. The highest BCUT2D eigenvalue weighted by Crippen LogP contribution is 2.30. The van der Waals surface area contributed by atoms with Gasteiger partial charge in [-0.2, -0.15) is 13.2 Å². The molecule has 0 aliphatic carbocycles. The maximum Gasteiger partial charge on any atom is 0.416 e. The minimum atomic E-state index is -4.51. The van der Waals surface area contributed by atoms with Gasteiger partial charge in [-0.15, -0.1) is 5.10 Å². The van der Waals surface area contributed by atoms with Crippen LogP contribution in [0.5, 0.6) is 5.75 Å². The van der Waals surface area contributed by atoms with Gasteiger partial charge in [0.2, 0.25) is 0 Å². The summed E-state index contributed by atoms with van der Waals surface area (Å²) >= 11 is 0. The molecule has 2 N–H and O–H groups in total. The number of para-hydroxylation sites is 2. The van der Waals surface area contributed by atoms with Gasteiger partial charge in [0.05, 0.1) is 29.3 Å². The van der Waals surface area contributed by atoms with Crippen LogP contribution in [0.25, 0.3) is 5.69 Å². The first-order valence-electron chi connectivity index (χ1n) is 10.3. The van der Waals surface area contributed by atoms with Crippen LogP contribution in [-0.4, -0.2) is 33.4 Å². The number of nitrogens with one attached hydrogen (secondary N) is 2. The molecule has 2 amide bonds. The number of anilines is 2. The second kappa shape index (κ2) is 10.1. The maximum atomic E-state index is 12.8. The molecule has 8 nitrogen and oxygen atoms in total. The molecule has 0 radical (unpaired) electrons. The van der Waals surface area contributed by atoms with Crippen LogP contribution in [0.15, 0.2) is 85.2 Å². The van der Waals surface area contributed by atoms with Crippen molar-refractivity contribution in [2.45, 2.75) is 6.18 Å². The van der Waals surface area contributed by atoms with E-state index in [1.165, 1.54) is 47.3 Å². The lowest BCUT2D eigenvalue weighted by molar-refractivity contribution is -0.137. The van der Waals surface area contributed by atoms with Crippen molar-refractivity contribution in [3.05, 3.63) is 96.3 Å². The molecule has 0 atom stereocenters. The molecule has 0 aliphatic heterocycles. The summed E-state index contributed by atoms with van der Waals surface area (Å²) < 4.78 is 45.3. The number of ether oxygens (including phenoxy) is 1. The lowest BCUT2D eigenvalue weighted by Crippen LogP contribution is -2.20. The van der Waals surface area contributed by atoms with E-state index < -0.39 is 24.3 Å². The Kier molecular flexibility index (Phi) is 6.76. The predicted octanol–water partition coefficient (Wildman–Crippen LogP) is 4.56. The largest absolute Gasteiger partial charge is 0.484 e. The molecule has 11 heteroatoms. The molecule has 1 heterocycles. The van der Waals surface area contributed by atoms with E-state index in [1.54, 1.807) is 24.4 Å². The summed E-state index contributed by atoms with van der Waals surface area (Å²) in [5.74, 6) is -0.689. The van der Waals surface area contributed by atoms with E-state index >= 15 is 0 Å². The van der Waals surface area contributed by atoms with Crippen LogP contribution in [0, 0.1) is 0 Å². The van der Waals surface area contributed by atoms with Gasteiger partial charge in [0.1, 0.15) is 5.75 Å². The summed E-state index contributed by atoms with van der Waals surface area (Å²) in [5, 5.41) is 12.9. The third-order valence-corrected chi connectivity index (χ3v) is 4.78. The van der Waals surface area contributed by atoms with E-state index in [0.29, 0.717) is 22.7 Å². The molecule has 0 saturated carbocycles. The Morgan fingerprint density at radius 3 is 2.43 bits per heavy atom. The first-order valence-corrected chi connectivity index (χ1v) is 10.3. The maximum absolute atomic E-state index is 12.8. The lowest BCUT2D eigenvalue weighted by atomic mass is 10.2. The lowest BCUT2D eigenvalue weighted by Gasteiger charge is -2.12. The Bertz CT molecular complexity index is 1320. The number of aromatic nitrogens is 3. The molecule has 1 aromatic heterocycles. The van der Waals surface area contributed by atoms with Crippen molar-refractivity contribution in [3.8, 4) is 11.4 Å². The Morgan fingerprint density at radius 2 is 1.71 bits per heavy atom. The molecule has 4 rings (SSSR count). The molecule has 0 fully saturated rings. The third-order valence-electron chi connectivity index (χ3n) is 4.78. The Balaban J connectivity index is 1.33. The van der Waals surface area contributed by atoms with Crippen LogP contribution >= 0.6 is 0 Å². The summed E-state index contributed by atoms with van der Waals surface area (Å²) in [6.07, 6.45) is -1.33. The van der Waals surface area contributed by atoms with Crippen LogP contribution in [0.1, 0.15) is 15.9 Å². The highest BCUT2D eigenvalue weighted by Gasteiger charge is 2.30. The molecule has 0 aliphatic rings. The molecule has 0 bridgehead atoms. The second-order valence-corrected chi connectivity index (χ2v) is 7.26. The molecule has 0 unspecified atom stereocenters. The van der Waals surface area contributed by atoms with E-state index in [-0.39, 0.29) is 11.6 Å². The van der Waals surface area contributed by atoms with Crippen molar-refractivity contribution in [1.29, 1.82) is 0 Å². The number of benzene rings is 3. The summed E-state index contributed by atoms with van der Waals surface area (Å²) in [6.45, 7) is -0.424. The zero-order chi connectivity index (χ0) is 24.8. The number of rotatable bonds is 7. The molecule has 0 spiro atoms. The fourth-order valence-electron chi connectivity index (χ4n) is 3.13. The normalized spacial score (nSPS) is 11.1. The minimum absolute atomic E-state index is 0.00613. The fraction of sp³-hybridized carbons (Fsp3) is 0.0833. The topological polar surface area (TPSA) is 98.1 Å². The Hall–Kier alpha value is -4.67. The van der Waals surface area contributed by atoms with Crippen molar-refractivity contribution in [1.82, 2.24) is 15.0 Å². The van der Waals surface area contributed by atoms with E-state index in [1.807, 2.05) is 6.07 Å². The number of hydrogen-bond donors (Lipinski definition) is 2. The second-order valence-electron chi connectivity index (χ2n) is 7.26. The number of amides is 2. The summed E-state index contributed by atoms with van der Waals surface area (Å²) in [6, 6.07) is 17.5. The number of nitrogens with zero attached hydrogens (tertiary/aromatic N) is 3. The zero-order valence-electron chi connectivity index (χ0n) is 18.0. The molecule has 4 aromatic rings. The van der Waals surface area contributed by atoms with Gasteiger partial charge in [-0.25, -0.2) is 4.68 Å². The minimum Gasteiger partial charge on any atom is -0.484 e. The van der Waals surface area contributed by atoms with Gasteiger partial charge in [0.25, 0.3) is 11.8 Å². The van der Waals surface area contributed by atoms with Gasteiger partial charge in [0.15, 0.2) is 6.61 Å². The molecular weight excluding hydrogens is 463 g/mol. The smallest absolute Gasteiger partial charge is 0.416 e. The number of hydrogen-bond acceptors (Lipinski definition) is 5. The van der Waals surface area contributed by atoms with Gasteiger partial charge in [0, 0.05) is 11.3 Å². The van der Waals surface area contributed by atoms with Crippen LogP contribution in [-0.2, 0) is 11.0 Å². The fourth-order valence-corrected chi connectivity index (χ4v) is 3.13.